The molecule has 0 aliphatic carbocycles. The van der Waals surface area contributed by atoms with Crippen molar-refractivity contribution in [1.82, 2.24) is 15.2 Å². The number of fused-ring (bicyclic) bond motifs is 1. The highest BCUT2D eigenvalue weighted by Crippen LogP contribution is 2.42. The van der Waals surface area contributed by atoms with E-state index in [1.54, 1.807) is 31.6 Å². The first-order chi connectivity index (χ1) is 16.3. The molecule has 1 aliphatic rings. The number of hydrogen-bond donors (Lipinski definition) is 3. The fraction of sp³-hybridized carbons (Fsp3) is 0.269. The van der Waals surface area contributed by atoms with E-state index in [0.717, 1.165) is 41.5 Å². The molecule has 1 aliphatic heterocycles. The normalized spacial score (nSPS) is 18.0. The number of anilines is 2. The molecule has 2 unspecified atom stereocenters. The second kappa shape index (κ2) is 9.77. The van der Waals surface area contributed by atoms with Gasteiger partial charge in [0.05, 0.1) is 5.56 Å². The Morgan fingerprint density at radius 2 is 1.82 bits per heavy atom. The van der Waals surface area contributed by atoms with Crippen molar-refractivity contribution in [3.8, 4) is 0 Å². The average Bonchev–Trinajstić information content (AvgIpc) is 2.84. The minimum Gasteiger partial charge on any atom is -0.385 e. The van der Waals surface area contributed by atoms with Crippen molar-refractivity contribution in [3.63, 3.8) is 0 Å². The Hall–Kier alpha value is -3.52. The molecule has 4 rings (SSSR count). The van der Waals surface area contributed by atoms with Gasteiger partial charge in [0, 0.05) is 52.7 Å². The molecular weight excluding hydrogens is 439 g/mol. The Kier molecular flexibility index (Phi) is 6.79. The predicted octanol–water partition coefficient (Wildman–Crippen LogP) is 6.24. The molecule has 0 radical (unpaired) electrons. The third kappa shape index (κ3) is 4.72. The molecule has 8 heteroatoms. The van der Waals surface area contributed by atoms with Crippen LogP contribution in [0, 0.1) is 0 Å². The summed E-state index contributed by atoms with van der Waals surface area (Å²) in [6, 6.07) is 15.3. The van der Waals surface area contributed by atoms with Gasteiger partial charge in [-0.15, -0.1) is 0 Å². The highest BCUT2D eigenvalue weighted by atomic mass is 19.4. The maximum atomic E-state index is 13.8. The summed E-state index contributed by atoms with van der Waals surface area (Å²) >= 11 is 0. The summed E-state index contributed by atoms with van der Waals surface area (Å²) in [6.45, 7) is 7.16. The lowest BCUT2D eigenvalue weighted by molar-refractivity contribution is -0.138. The molecule has 1 aromatic heterocycles. The van der Waals surface area contributed by atoms with Crippen LogP contribution in [0.15, 0.2) is 73.6 Å². The maximum absolute atomic E-state index is 13.8. The van der Waals surface area contributed by atoms with Crippen LogP contribution < -0.4 is 16.0 Å². The van der Waals surface area contributed by atoms with Crippen LogP contribution in [0.2, 0.25) is 0 Å². The van der Waals surface area contributed by atoms with E-state index in [2.05, 4.69) is 34.4 Å². The third-order valence-corrected chi connectivity index (χ3v) is 5.94. The summed E-state index contributed by atoms with van der Waals surface area (Å²) in [4.78, 5) is 6.08. The van der Waals surface area contributed by atoms with Gasteiger partial charge in [-0.1, -0.05) is 49.9 Å². The van der Waals surface area contributed by atoms with Crippen LogP contribution in [0.1, 0.15) is 47.9 Å². The molecule has 5 nitrogen and oxygen atoms in total. The number of pyridine rings is 1. The fourth-order valence-corrected chi connectivity index (χ4v) is 4.25. The van der Waals surface area contributed by atoms with Gasteiger partial charge >= 0.3 is 6.18 Å². The van der Waals surface area contributed by atoms with E-state index in [1.165, 1.54) is 12.1 Å². The first-order valence-electron chi connectivity index (χ1n) is 11.2. The fourth-order valence-electron chi connectivity index (χ4n) is 4.25. The molecule has 0 amide bonds. The number of nitrogens with one attached hydrogen (secondary N) is 3. The molecule has 0 bridgehead atoms. The topological polar surface area (TPSA) is 52.2 Å². The first kappa shape index (κ1) is 23.6. The minimum absolute atomic E-state index is 0.155. The second-order valence-corrected chi connectivity index (χ2v) is 8.26. The zero-order valence-electron chi connectivity index (χ0n) is 19.2. The van der Waals surface area contributed by atoms with E-state index in [1.807, 2.05) is 29.2 Å². The van der Waals surface area contributed by atoms with E-state index in [4.69, 9.17) is 0 Å². The summed E-state index contributed by atoms with van der Waals surface area (Å²) in [5, 5.41) is 10.1. The molecule has 2 heterocycles. The Labute approximate surface area is 197 Å². The minimum atomic E-state index is -4.46. The van der Waals surface area contributed by atoms with Crippen molar-refractivity contribution in [1.29, 1.82) is 0 Å². The zero-order valence-corrected chi connectivity index (χ0v) is 19.2. The van der Waals surface area contributed by atoms with Crippen LogP contribution in [0.4, 0.5) is 24.5 Å². The molecule has 2 atom stereocenters. The van der Waals surface area contributed by atoms with Gasteiger partial charge in [-0.2, -0.15) is 13.2 Å². The highest BCUT2D eigenvalue weighted by molar-refractivity contribution is 5.74. The van der Waals surface area contributed by atoms with E-state index in [0.29, 0.717) is 5.70 Å². The van der Waals surface area contributed by atoms with Gasteiger partial charge in [-0.3, -0.25) is 9.88 Å². The maximum Gasteiger partial charge on any atom is 0.416 e. The van der Waals surface area contributed by atoms with Crippen molar-refractivity contribution >= 4 is 17.1 Å². The first-order valence-corrected chi connectivity index (χ1v) is 11.2. The molecule has 0 saturated carbocycles. The number of para-hydroxylation sites is 1. The van der Waals surface area contributed by atoms with Crippen molar-refractivity contribution in [2.75, 3.05) is 24.2 Å². The molecule has 34 heavy (non-hydrogen) atoms. The number of aromatic nitrogens is 1. The van der Waals surface area contributed by atoms with Crippen LogP contribution in [-0.2, 0) is 6.18 Å². The molecule has 3 aromatic rings. The van der Waals surface area contributed by atoms with Crippen LogP contribution in [0.25, 0.3) is 5.70 Å². The lowest BCUT2D eigenvalue weighted by atomic mass is 9.99. The summed E-state index contributed by atoms with van der Waals surface area (Å²) in [7, 11) is 1.78. The molecule has 2 aromatic carbocycles. The lowest BCUT2D eigenvalue weighted by Crippen LogP contribution is -2.44. The molecule has 0 saturated heterocycles. The Morgan fingerprint density at radius 1 is 1.09 bits per heavy atom. The largest absolute Gasteiger partial charge is 0.416 e. The van der Waals surface area contributed by atoms with Gasteiger partial charge in [0.15, 0.2) is 0 Å². The number of halogens is 3. The predicted molar refractivity (Wildman–Crippen MR) is 130 cm³/mol. The molecular formula is C26H28F3N5. The smallest absolute Gasteiger partial charge is 0.385 e. The monoisotopic (exact) mass is 467 g/mol. The summed E-state index contributed by atoms with van der Waals surface area (Å²) in [5.41, 5.74) is 3.55. The van der Waals surface area contributed by atoms with Gasteiger partial charge in [-0.05, 0) is 31.7 Å². The molecule has 3 N–H and O–H groups in total. The van der Waals surface area contributed by atoms with Gasteiger partial charge in [-0.25, -0.2) is 0 Å². The van der Waals surface area contributed by atoms with Crippen molar-refractivity contribution < 1.29 is 13.2 Å². The van der Waals surface area contributed by atoms with Crippen molar-refractivity contribution in [3.05, 3.63) is 95.8 Å². The van der Waals surface area contributed by atoms with E-state index >= 15 is 0 Å². The standard InChI is InChI=1S/C26H28F3N5/c1-4-14-31-22-12-8-6-9-18(22)17(2)32-25-20-16-30-15-13-23(20)33-24(34(25)3)19-10-5-7-11-21(19)26(27,28)29/h5-13,15-16,24-25,31-33H,2,4,14H2,1,3H3. The van der Waals surface area contributed by atoms with Gasteiger partial charge < -0.3 is 16.0 Å². The number of hydrogen-bond acceptors (Lipinski definition) is 5. The number of rotatable bonds is 7. The summed E-state index contributed by atoms with van der Waals surface area (Å²) in [5.74, 6) is 0. The SMILES string of the molecule is C=C(NC1c2cnccc2NC(c2ccccc2C(F)(F)F)N1C)c1ccccc1NCCC. The molecule has 0 fully saturated rings. The van der Waals surface area contributed by atoms with Gasteiger partial charge in [0.1, 0.15) is 12.3 Å². The van der Waals surface area contributed by atoms with E-state index < -0.39 is 24.1 Å². The van der Waals surface area contributed by atoms with Crippen LogP contribution >= 0.6 is 0 Å². The van der Waals surface area contributed by atoms with Crippen LogP contribution in [-0.4, -0.2) is 23.5 Å². The number of alkyl halides is 3. The lowest BCUT2D eigenvalue weighted by Gasteiger charge is -2.43. The zero-order chi connectivity index (χ0) is 24.3. The number of benzene rings is 2. The van der Waals surface area contributed by atoms with Crippen molar-refractivity contribution in [2.45, 2.75) is 31.9 Å². The van der Waals surface area contributed by atoms with Crippen molar-refractivity contribution in [2.24, 2.45) is 0 Å². The van der Waals surface area contributed by atoms with Gasteiger partial charge in [0.25, 0.3) is 0 Å². The Balaban J connectivity index is 1.71. The average molecular weight is 468 g/mol. The van der Waals surface area contributed by atoms with Gasteiger partial charge in [0.2, 0.25) is 0 Å². The summed E-state index contributed by atoms with van der Waals surface area (Å²) < 4.78 is 41.4. The quantitative estimate of drug-likeness (QED) is 0.384. The van der Waals surface area contributed by atoms with E-state index in [9.17, 15) is 13.2 Å². The molecule has 178 valence electrons. The third-order valence-electron chi connectivity index (χ3n) is 5.94. The highest BCUT2D eigenvalue weighted by Gasteiger charge is 2.39. The van der Waals surface area contributed by atoms with Crippen LogP contribution in [0.3, 0.4) is 0 Å². The number of nitrogens with zero attached hydrogens (tertiary/aromatic N) is 2. The Morgan fingerprint density at radius 3 is 2.59 bits per heavy atom. The van der Waals surface area contributed by atoms with E-state index in [-0.39, 0.29) is 5.56 Å². The Bertz CT molecular complexity index is 1160. The summed E-state index contributed by atoms with van der Waals surface area (Å²) in [6.07, 6.45) is -1.32. The second-order valence-electron chi connectivity index (χ2n) is 8.26. The molecule has 0 spiro atoms. The van der Waals surface area contributed by atoms with Crippen LogP contribution in [0.5, 0.6) is 0 Å².